The molecule has 9 rings (SSSR count). The van der Waals surface area contributed by atoms with Crippen LogP contribution in [0.15, 0.2) is 145 Å². The van der Waals surface area contributed by atoms with Gasteiger partial charge in [-0.3, -0.25) is 14.9 Å². The number of non-ortho nitro benzene ring substituents is 1. The highest BCUT2D eigenvalue weighted by molar-refractivity contribution is 6.03. The van der Waals surface area contributed by atoms with Crippen molar-refractivity contribution in [2.75, 3.05) is 26.4 Å². The van der Waals surface area contributed by atoms with Gasteiger partial charge < -0.3 is 38.9 Å². The Labute approximate surface area is 419 Å². The average molecular weight is 980 g/mol. The Kier molecular flexibility index (Phi) is 16.2. The maximum absolute atomic E-state index is 15.3. The normalized spacial score (nSPS) is 23.9. The second kappa shape index (κ2) is 23.2. The molecule has 376 valence electrons. The number of benzene rings is 5. The fraction of sp³-hybridized carbons (Fsp3) is 0.379. The number of oxime groups is 1. The second-order valence-corrected chi connectivity index (χ2v) is 19.1. The molecule has 2 N–H and O–H groups in total. The Hall–Kier alpha value is -6.71. The Morgan fingerprint density at radius 2 is 1.67 bits per heavy atom. The van der Waals surface area contributed by atoms with E-state index < -0.39 is 40.7 Å². The molecule has 1 saturated heterocycles. The molecule has 72 heavy (non-hydrogen) atoms. The lowest BCUT2D eigenvalue weighted by molar-refractivity contribution is -0.384. The van der Waals surface area contributed by atoms with Crippen LogP contribution in [0.25, 0.3) is 16.8 Å². The number of allylic oxidation sites excluding steroid dienone is 1. The van der Waals surface area contributed by atoms with Gasteiger partial charge in [-0.15, -0.1) is 6.58 Å². The standard InChI is InChI=1S/C58H62FN3O10/c1-2-32-69-58-53(61(38-40-16-22-44(59)23-17-40)54(65)29-20-39-18-24-45(25-19-39)62(66)67)37-51(60-72-55-15-7-10-33-68-55)49-35-43(13-5-8-30-63)48(14-6-9-31-64)56(57(49)58)50-36-47(27-28-52(50)71-58)70-46-26-21-41-11-3-4-12-42(41)34-46/h2-4,11-12,16-29,34-36,43,48,53,55-57,63-64H,1,5-10,13-15,30-33,37-38H2/t43-,48+,53-,55?,56+,57+,58+/m0/s1. The quantitative estimate of drug-likeness (QED) is 0.0238. The highest BCUT2D eigenvalue weighted by Crippen LogP contribution is 2.62. The summed E-state index contributed by atoms with van der Waals surface area (Å²) in [4.78, 5) is 34.3. The van der Waals surface area contributed by atoms with Gasteiger partial charge in [-0.05, 0) is 139 Å². The second-order valence-electron chi connectivity index (χ2n) is 19.1. The lowest BCUT2D eigenvalue weighted by Crippen LogP contribution is -2.70. The molecule has 2 heterocycles. The average Bonchev–Trinajstić information content (AvgIpc) is 3.40. The van der Waals surface area contributed by atoms with E-state index in [0.29, 0.717) is 60.0 Å². The van der Waals surface area contributed by atoms with Crippen LogP contribution in [0.4, 0.5) is 10.1 Å². The van der Waals surface area contributed by atoms with Gasteiger partial charge >= 0.3 is 0 Å². The van der Waals surface area contributed by atoms with Crippen LogP contribution >= 0.6 is 0 Å². The third kappa shape index (κ3) is 11.2. The molecule has 13 nitrogen and oxygen atoms in total. The number of nitro benzene ring substituents is 1. The van der Waals surface area contributed by atoms with E-state index in [1.807, 2.05) is 48.5 Å². The zero-order chi connectivity index (χ0) is 50.0. The molecule has 1 amide bonds. The first-order chi connectivity index (χ1) is 35.2. The van der Waals surface area contributed by atoms with Crippen LogP contribution in [0.1, 0.15) is 86.8 Å². The summed E-state index contributed by atoms with van der Waals surface area (Å²) in [5, 5.41) is 38.7. The number of carbonyl (C=O) groups excluding carboxylic acids is 1. The number of hydrogen-bond acceptors (Lipinski definition) is 11. The minimum absolute atomic E-state index is 0.00568. The highest BCUT2D eigenvalue weighted by atomic mass is 19.1. The summed E-state index contributed by atoms with van der Waals surface area (Å²) >= 11 is 0. The smallest absolute Gasteiger partial charge is 0.269 e. The van der Waals surface area contributed by atoms with Gasteiger partial charge in [-0.2, -0.15) is 0 Å². The lowest BCUT2D eigenvalue weighted by Gasteiger charge is -2.60. The molecule has 2 aliphatic carbocycles. The minimum atomic E-state index is -1.58. The van der Waals surface area contributed by atoms with Gasteiger partial charge in [0.1, 0.15) is 29.1 Å². The molecule has 0 spiro atoms. The van der Waals surface area contributed by atoms with Gasteiger partial charge in [0.05, 0.1) is 29.8 Å². The first-order valence-electron chi connectivity index (χ1n) is 25.2. The monoisotopic (exact) mass is 979 g/mol. The largest absolute Gasteiger partial charge is 0.459 e. The molecule has 0 bridgehead atoms. The van der Waals surface area contributed by atoms with Crippen molar-refractivity contribution < 1.29 is 48.1 Å². The first-order valence-corrected chi connectivity index (χ1v) is 25.2. The molecule has 0 radical (unpaired) electrons. The maximum Gasteiger partial charge on any atom is 0.269 e. The zero-order valence-electron chi connectivity index (χ0n) is 40.4. The van der Waals surface area contributed by atoms with Crippen molar-refractivity contribution >= 4 is 34.2 Å². The van der Waals surface area contributed by atoms with Crippen molar-refractivity contribution in [3.05, 3.63) is 172 Å². The van der Waals surface area contributed by atoms with E-state index in [0.717, 1.165) is 60.4 Å². The van der Waals surface area contributed by atoms with E-state index in [4.69, 9.17) is 28.9 Å². The van der Waals surface area contributed by atoms with Crippen molar-refractivity contribution in [1.82, 2.24) is 4.90 Å². The number of amides is 1. The highest BCUT2D eigenvalue weighted by Gasteiger charge is 2.65. The van der Waals surface area contributed by atoms with Gasteiger partial charge in [0.2, 0.25) is 18.0 Å². The first kappa shape index (κ1) is 50.2. The number of rotatable bonds is 21. The molecule has 2 aliphatic heterocycles. The SMILES string of the molecule is C=CCO[C@@]12Oc3ccc(Oc4ccc5ccccc5c4)cc3[C@H]3[C@H](CCCCO)[C@@H](CCCCO)C=C(C(=NOC4CCCCO4)C[C@@H]1N(Cc1ccc(F)cc1)C(=O)C=Cc1ccc([N+](=O)[O-])cc1)[C@H]32. The molecule has 1 saturated carbocycles. The number of halogens is 1. The Morgan fingerprint density at radius 1 is 0.917 bits per heavy atom. The number of nitrogens with zero attached hydrogens (tertiary/aromatic N) is 3. The van der Waals surface area contributed by atoms with Gasteiger partial charge in [0, 0.05) is 62.3 Å². The van der Waals surface area contributed by atoms with E-state index in [-0.39, 0.29) is 56.2 Å². The summed E-state index contributed by atoms with van der Waals surface area (Å²) < 4.78 is 41.9. The predicted octanol–water partition coefficient (Wildman–Crippen LogP) is 11.6. The summed E-state index contributed by atoms with van der Waals surface area (Å²) in [6.45, 7) is 4.78. The summed E-state index contributed by atoms with van der Waals surface area (Å²) in [6, 6.07) is 31.0. The number of nitro groups is 1. The van der Waals surface area contributed by atoms with Crippen LogP contribution in [0.2, 0.25) is 0 Å². The van der Waals surface area contributed by atoms with Gasteiger partial charge in [-0.1, -0.05) is 72.6 Å². The van der Waals surface area contributed by atoms with Crippen LogP contribution in [-0.4, -0.2) is 76.2 Å². The molecular formula is C58H62FN3O10. The van der Waals surface area contributed by atoms with Crippen LogP contribution in [0.5, 0.6) is 17.2 Å². The molecule has 2 fully saturated rings. The van der Waals surface area contributed by atoms with Crippen molar-refractivity contribution in [3.8, 4) is 17.2 Å². The fourth-order valence-electron chi connectivity index (χ4n) is 11.1. The number of carbonyl (C=O) groups is 1. The summed E-state index contributed by atoms with van der Waals surface area (Å²) in [5.41, 5.74) is 3.51. The van der Waals surface area contributed by atoms with Crippen LogP contribution in [0, 0.1) is 33.7 Å². The topological polar surface area (TPSA) is 162 Å². The number of ether oxygens (including phenoxy) is 4. The van der Waals surface area contributed by atoms with E-state index >= 15 is 4.79 Å². The van der Waals surface area contributed by atoms with Crippen molar-refractivity contribution in [2.45, 2.75) is 94.8 Å². The lowest BCUT2D eigenvalue weighted by atomic mass is 9.55. The molecule has 4 aliphatic rings. The molecule has 1 unspecified atom stereocenters. The number of aliphatic hydroxyl groups is 2. The molecule has 5 aromatic carbocycles. The van der Waals surface area contributed by atoms with Crippen LogP contribution in [0.3, 0.4) is 0 Å². The van der Waals surface area contributed by atoms with Crippen molar-refractivity contribution in [3.63, 3.8) is 0 Å². The molecule has 7 atom stereocenters. The zero-order valence-corrected chi connectivity index (χ0v) is 40.4. The molecule has 0 aromatic heterocycles. The third-order valence-corrected chi connectivity index (χ3v) is 14.5. The molecular weight excluding hydrogens is 918 g/mol. The Balaban J connectivity index is 1.23. The van der Waals surface area contributed by atoms with E-state index in [9.17, 15) is 24.7 Å². The molecule has 5 aromatic rings. The number of hydrogen-bond donors (Lipinski definition) is 2. The Bertz CT molecular complexity index is 2790. The van der Waals surface area contributed by atoms with Gasteiger partial charge in [-0.25, -0.2) is 4.39 Å². The minimum Gasteiger partial charge on any atom is -0.459 e. The Morgan fingerprint density at radius 3 is 2.40 bits per heavy atom. The number of unbranched alkanes of at least 4 members (excludes halogenated alkanes) is 2. The predicted molar refractivity (Wildman–Crippen MR) is 273 cm³/mol. The summed E-state index contributed by atoms with van der Waals surface area (Å²) in [6.07, 6.45) is 13.3. The fourth-order valence-corrected chi connectivity index (χ4v) is 11.1. The molecule has 14 heteroatoms. The number of aliphatic hydroxyl groups excluding tert-OH is 2. The number of fused-ring (bicyclic) bond motifs is 3. The van der Waals surface area contributed by atoms with Crippen LogP contribution in [-0.2, 0) is 25.7 Å². The van der Waals surface area contributed by atoms with Gasteiger partial charge in [0.15, 0.2) is 0 Å². The third-order valence-electron chi connectivity index (χ3n) is 14.5. The van der Waals surface area contributed by atoms with Gasteiger partial charge in [0.25, 0.3) is 5.69 Å². The van der Waals surface area contributed by atoms with Crippen molar-refractivity contribution in [1.29, 1.82) is 0 Å². The van der Waals surface area contributed by atoms with Crippen molar-refractivity contribution in [2.24, 2.45) is 22.9 Å². The van der Waals surface area contributed by atoms with Crippen LogP contribution < -0.4 is 9.47 Å². The van der Waals surface area contributed by atoms with E-state index in [2.05, 4.69) is 24.8 Å². The summed E-state index contributed by atoms with van der Waals surface area (Å²) in [5.74, 6) is -1.57. The van der Waals surface area contributed by atoms with E-state index in [1.54, 1.807) is 41.3 Å². The summed E-state index contributed by atoms with van der Waals surface area (Å²) in [7, 11) is 0. The maximum atomic E-state index is 15.3. The van der Waals surface area contributed by atoms with E-state index in [1.165, 1.54) is 30.3 Å².